The van der Waals surface area contributed by atoms with Crippen LogP contribution < -0.4 is 15.2 Å². The summed E-state index contributed by atoms with van der Waals surface area (Å²) in [5, 5.41) is 1.28. The normalized spacial score (nSPS) is 11.1. The van der Waals surface area contributed by atoms with E-state index in [1.807, 2.05) is 18.2 Å². The second kappa shape index (κ2) is 7.83. The van der Waals surface area contributed by atoms with Crippen molar-refractivity contribution >= 4 is 10.9 Å². The molecule has 2 aromatic carbocycles. The standard InChI is InChI=1S/C22H28N2O2/c1-14-12-15(2)21-17(13-14)16(8-5-6-11-23)22(24-21)20-18(25-3)9-7-10-19(20)26-4/h7,9-10,12-13,24H,5-6,8,11,23H2,1-4H3. The number of hydrogen-bond acceptors (Lipinski definition) is 3. The quantitative estimate of drug-likeness (QED) is 0.603. The van der Waals surface area contributed by atoms with Gasteiger partial charge < -0.3 is 20.2 Å². The molecule has 0 aliphatic heterocycles. The van der Waals surface area contributed by atoms with Gasteiger partial charge in [-0.25, -0.2) is 0 Å². The first-order valence-electron chi connectivity index (χ1n) is 9.14. The fraction of sp³-hybridized carbons (Fsp3) is 0.364. The first-order valence-corrected chi connectivity index (χ1v) is 9.14. The van der Waals surface area contributed by atoms with Crippen LogP contribution in [0.5, 0.6) is 11.5 Å². The van der Waals surface area contributed by atoms with Gasteiger partial charge in [-0.15, -0.1) is 0 Å². The Balaban J connectivity index is 2.29. The highest BCUT2D eigenvalue weighted by Gasteiger charge is 2.21. The molecule has 4 nitrogen and oxygen atoms in total. The molecule has 0 radical (unpaired) electrons. The Morgan fingerprint density at radius 2 is 1.69 bits per heavy atom. The molecular formula is C22H28N2O2. The zero-order valence-corrected chi connectivity index (χ0v) is 16.1. The number of H-pyrrole nitrogens is 1. The molecule has 3 aromatic rings. The average molecular weight is 352 g/mol. The van der Waals surface area contributed by atoms with E-state index < -0.39 is 0 Å². The van der Waals surface area contributed by atoms with Crippen LogP contribution in [0.4, 0.5) is 0 Å². The Kier molecular flexibility index (Phi) is 5.52. The highest BCUT2D eigenvalue weighted by atomic mass is 16.5. The predicted octanol–water partition coefficient (Wildman–Crippen LogP) is 4.75. The number of aromatic amines is 1. The van der Waals surface area contributed by atoms with E-state index in [-0.39, 0.29) is 0 Å². The number of methoxy groups -OCH3 is 2. The van der Waals surface area contributed by atoms with Crippen molar-refractivity contribution < 1.29 is 9.47 Å². The molecule has 26 heavy (non-hydrogen) atoms. The van der Waals surface area contributed by atoms with E-state index >= 15 is 0 Å². The second-order valence-corrected chi connectivity index (χ2v) is 6.77. The van der Waals surface area contributed by atoms with Crippen molar-refractivity contribution in [2.45, 2.75) is 33.1 Å². The summed E-state index contributed by atoms with van der Waals surface area (Å²) in [5.41, 5.74) is 12.8. The summed E-state index contributed by atoms with van der Waals surface area (Å²) in [4.78, 5) is 3.66. The van der Waals surface area contributed by atoms with Gasteiger partial charge in [-0.3, -0.25) is 0 Å². The fourth-order valence-electron chi connectivity index (χ4n) is 3.72. The lowest BCUT2D eigenvalue weighted by atomic mass is 9.97. The van der Waals surface area contributed by atoms with E-state index in [1.54, 1.807) is 14.2 Å². The third-order valence-corrected chi connectivity index (χ3v) is 4.92. The van der Waals surface area contributed by atoms with Crippen LogP contribution >= 0.6 is 0 Å². The maximum absolute atomic E-state index is 5.72. The lowest BCUT2D eigenvalue weighted by molar-refractivity contribution is 0.397. The molecule has 3 N–H and O–H groups in total. The first-order chi connectivity index (χ1) is 12.6. The molecule has 3 rings (SSSR count). The topological polar surface area (TPSA) is 60.3 Å². The van der Waals surface area contributed by atoms with Crippen LogP contribution in [-0.2, 0) is 6.42 Å². The Hall–Kier alpha value is -2.46. The van der Waals surface area contributed by atoms with Crippen LogP contribution in [0.1, 0.15) is 29.5 Å². The number of unbranched alkanes of at least 4 members (excludes halogenated alkanes) is 1. The molecule has 1 aromatic heterocycles. The third kappa shape index (κ3) is 3.29. The molecule has 1 heterocycles. The second-order valence-electron chi connectivity index (χ2n) is 6.77. The Morgan fingerprint density at radius 1 is 1.00 bits per heavy atom. The van der Waals surface area contributed by atoms with Gasteiger partial charge in [-0.05, 0) is 69.0 Å². The number of nitrogens with one attached hydrogen (secondary N) is 1. The van der Waals surface area contributed by atoms with Gasteiger partial charge in [0, 0.05) is 10.9 Å². The van der Waals surface area contributed by atoms with E-state index in [0.717, 1.165) is 42.0 Å². The summed E-state index contributed by atoms with van der Waals surface area (Å²) in [6.07, 6.45) is 3.04. The number of rotatable bonds is 7. The number of aromatic nitrogens is 1. The Bertz CT molecular complexity index is 890. The Labute approximate surface area is 155 Å². The van der Waals surface area contributed by atoms with Gasteiger partial charge in [0.05, 0.1) is 25.5 Å². The van der Waals surface area contributed by atoms with Crippen molar-refractivity contribution in [3.63, 3.8) is 0 Å². The molecule has 0 fully saturated rings. The van der Waals surface area contributed by atoms with Crippen LogP contribution in [0.2, 0.25) is 0 Å². The number of hydrogen-bond donors (Lipinski definition) is 2. The molecule has 0 saturated heterocycles. The summed E-state index contributed by atoms with van der Waals surface area (Å²) in [6.45, 7) is 5.01. The zero-order valence-electron chi connectivity index (χ0n) is 16.1. The van der Waals surface area contributed by atoms with Gasteiger partial charge in [0.25, 0.3) is 0 Å². The van der Waals surface area contributed by atoms with E-state index in [9.17, 15) is 0 Å². The molecule has 0 spiro atoms. The van der Waals surface area contributed by atoms with Gasteiger partial charge in [-0.2, -0.15) is 0 Å². The van der Waals surface area contributed by atoms with Gasteiger partial charge >= 0.3 is 0 Å². The van der Waals surface area contributed by atoms with Crippen molar-refractivity contribution in [2.75, 3.05) is 20.8 Å². The number of fused-ring (bicyclic) bond motifs is 1. The summed E-state index contributed by atoms with van der Waals surface area (Å²) in [6, 6.07) is 10.4. The SMILES string of the molecule is COc1cccc(OC)c1-c1[nH]c2c(C)cc(C)cc2c1CCCCN. The highest BCUT2D eigenvalue weighted by Crippen LogP contribution is 2.42. The summed E-state index contributed by atoms with van der Waals surface area (Å²) in [5.74, 6) is 1.62. The zero-order chi connectivity index (χ0) is 18.7. The molecule has 0 aliphatic carbocycles. The van der Waals surface area contributed by atoms with Gasteiger partial charge in [0.2, 0.25) is 0 Å². The van der Waals surface area contributed by atoms with Gasteiger partial charge in [-0.1, -0.05) is 17.7 Å². The minimum atomic E-state index is 0.716. The summed E-state index contributed by atoms with van der Waals surface area (Å²) in [7, 11) is 3.40. The van der Waals surface area contributed by atoms with Crippen molar-refractivity contribution in [1.29, 1.82) is 0 Å². The third-order valence-electron chi connectivity index (χ3n) is 4.92. The first kappa shape index (κ1) is 18.3. The van der Waals surface area contributed by atoms with Crippen LogP contribution in [0.3, 0.4) is 0 Å². The van der Waals surface area contributed by atoms with Crippen LogP contribution in [0, 0.1) is 13.8 Å². The lowest BCUT2D eigenvalue weighted by Crippen LogP contribution is -2.00. The van der Waals surface area contributed by atoms with E-state index in [0.29, 0.717) is 6.54 Å². The lowest BCUT2D eigenvalue weighted by Gasteiger charge is -2.14. The molecule has 0 aliphatic rings. The summed E-state index contributed by atoms with van der Waals surface area (Å²) < 4.78 is 11.3. The molecule has 0 amide bonds. The predicted molar refractivity (Wildman–Crippen MR) is 108 cm³/mol. The van der Waals surface area contributed by atoms with Crippen molar-refractivity contribution in [1.82, 2.24) is 4.98 Å². The molecule has 0 atom stereocenters. The van der Waals surface area contributed by atoms with E-state index in [1.165, 1.54) is 27.6 Å². The molecule has 0 bridgehead atoms. The van der Waals surface area contributed by atoms with Crippen LogP contribution in [0.25, 0.3) is 22.2 Å². The minimum Gasteiger partial charge on any atom is -0.496 e. The number of aryl methyl sites for hydroxylation is 3. The maximum Gasteiger partial charge on any atom is 0.131 e. The van der Waals surface area contributed by atoms with E-state index in [4.69, 9.17) is 15.2 Å². The van der Waals surface area contributed by atoms with Crippen LogP contribution in [0.15, 0.2) is 30.3 Å². The smallest absolute Gasteiger partial charge is 0.131 e. The minimum absolute atomic E-state index is 0.716. The highest BCUT2D eigenvalue weighted by molar-refractivity contribution is 5.95. The monoisotopic (exact) mass is 352 g/mol. The molecule has 0 saturated carbocycles. The largest absolute Gasteiger partial charge is 0.496 e. The molecular weight excluding hydrogens is 324 g/mol. The van der Waals surface area contributed by atoms with Crippen molar-refractivity contribution in [3.05, 3.63) is 47.0 Å². The maximum atomic E-state index is 5.72. The van der Waals surface area contributed by atoms with Gasteiger partial charge in [0.15, 0.2) is 0 Å². The fourth-order valence-corrected chi connectivity index (χ4v) is 3.72. The van der Waals surface area contributed by atoms with E-state index in [2.05, 4.69) is 31.0 Å². The number of benzene rings is 2. The molecule has 138 valence electrons. The van der Waals surface area contributed by atoms with Crippen molar-refractivity contribution in [2.24, 2.45) is 5.73 Å². The van der Waals surface area contributed by atoms with Crippen LogP contribution in [-0.4, -0.2) is 25.7 Å². The summed E-state index contributed by atoms with van der Waals surface area (Å²) >= 11 is 0. The molecule has 0 unspecified atom stereocenters. The average Bonchev–Trinajstić information content (AvgIpc) is 2.99. The molecule has 4 heteroatoms. The Morgan fingerprint density at radius 3 is 2.31 bits per heavy atom. The number of ether oxygens (including phenoxy) is 2. The number of nitrogens with two attached hydrogens (primary N) is 1. The van der Waals surface area contributed by atoms with Crippen molar-refractivity contribution in [3.8, 4) is 22.8 Å². The van der Waals surface area contributed by atoms with Gasteiger partial charge in [0.1, 0.15) is 11.5 Å².